The molecule has 4 nitrogen and oxygen atoms in total. The number of benzene rings is 1. The summed E-state index contributed by atoms with van der Waals surface area (Å²) >= 11 is 0. The summed E-state index contributed by atoms with van der Waals surface area (Å²) in [6.45, 7) is 3.75. The van der Waals surface area contributed by atoms with Gasteiger partial charge in [-0.3, -0.25) is 0 Å². The summed E-state index contributed by atoms with van der Waals surface area (Å²) in [6.07, 6.45) is 3.36. The van der Waals surface area contributed by atoms with E-state index in [9.17, 15) is 0 Å². The molecule has 1 N–H and O–H groups in total. The minimum Gasteiger partial charge on any atom is -0.493 e. The molecular weight excluding hydrogens is 253 g/mol. The molecule has 1 saturated heterocycles. The van der Waals surface area contributed by atoms with Crippen LogP contribution >= 0.6 is 0 Å². The van der Waals surface area contributed by atoms with E-state index in [0.29, 0.717) is 0 Å². The molecule has 1 heterocycles. The van der Waals surface area contributed by atoms with Crippen molar-refractivity contribution in [1.29, 1.82) is 0 Å². The van der Waals surface area contributed by atoms with Gasteiger partial charge < -0.3 is 19.4 Å². The van der Waals surface area contributed by atoms with Gasteiger partial charge in [-0.1, -0.05) is 31.5 Å². The van der Waals surface area contributed by atoms with Gasteiger partial charge in [-0.05, 0) is 24.5 Å². The monoisotopic (exact) mass is 276 g/mol. The smallest absolute Gasteiger partial charge is 0.395 e. The third kappa shape index (κ3) is 4.82. The van der Waals surface area contributed by atoms with E-state index in [1.807, 2.05) is 18.2 Å². The van der Waals surface area contributed by atoms with Crippen molar-refractivity contribution in [2.45, 2.75) is 38.3 Å². The van der Waals surface area contributed by atoms with Crippen LogP contribution in [0, 0.1) is 0 Å². The lowest BCUT2D eigenvalue weighted by molar-refractivity contribution is 0.302. The molecule has 5 heteroatoms. The SMILES string of the molecule is CCCCOc1ccccc1C[C@@H](N[B]OC)[C@H]1CO1. The molecule has 109 valence electrons. The molecule has 0 saturated carbocycles. The first-order chi connectivity index (χ1) is 9.85. The highest BCUT2D eigenvalue weighted by Crippen LogP contribution is 2.24. The van der Waals surface area contributed by atoms with Crippen molar-refractivity contribution in [3.8, 4) is 5.75 Å². The number of unbranched alkanes of at least 4 members (excludes halogenated alkanes) is 1. The van der Waals surface area contributed by atoms with Crippen molar-refractivity contribution >= 4 is 7.62 Å². The fourth-order valence-electron chi connectivity index (χ4n) is 2.12. The predicted octanol–water partition coefficient (Wildman–Crippen LogP) is 1.95. The molecular formula is C15H23BNO3. The lowest BCUT2D eigenvalue weighted by atomic mass is 10.00. The van der Waals surface area contributed by atoms with Crippen LogP contribution in [0.1, 0.15) is 25.3 Å². The van der Waals surface area contributed by atoms with Crippen molar-refractivity contribution in [3.05, 3.63) is 29.8 Å². The first-order valence-electron chi connectivity index (χ1n) is 7.28. The maximum Gasteiger partial charge on any atom is 0.395 e. The van der Waals surface area contributed by atoms with E-state index in [4.69, 9.17) is 14.1 Å². The van der Waals surface area contributed by atoms with Crippen molar-refractivity contribution in [3.63, 3.8) is 0 Å². The van der Waals surface area contributed by atoms with Gasteiger partial charge in [-0.2, -0.15) is 0 Å². The zero-order valence-electron chi connectivity index (χ0n) is 12.3. The van der Waals surface area contributed by atoms with E-state index in [2.05, 4.69) is 18.2 Å². The molecule has 2 rings (SSSR count). The third-order valence-electron chi connectivity index (χ3n) is 3.38. The van der Waals surface area contributed by atoms with Gasteiger partial charge in [0.25, 0.3) is 0 Å². The lowest BCUT2D eigenvalue weighted by Gasteiger charge is -2.18. The average molecular weight is 276 g/mol. The Kier molecular flexibility index (Phi) is 6.37. The fraction of sp³-hybridized carbons (Fsp3) is 0.600. The third-order valence-corrected chi connectivity index (χ3v) is 3.38. The molecule has 2 atom stereocenters. The van der Waals surface area contributed by atoms with Gasteiger partial charge in [0.1, 0.15) is 5.75 Å². The Morgan fingerprint density at radius 1 is 1.45 bits per heavy atom. The van der Waals surface area contributed by atoms with Crippen LogP contribution in [0.25, 0.3) is 0 Å². The van der Waals surface area contributed by atoms with Gasteiger partial charge in [-0.25, -0.2) is 0 Å². The fourth-order valence-corrected chi connectivity index (χ4v) is 2.12. The molecule has 0 aliphatic carbocycles. The van der Waals surface area contributed by atoms with E-state index >= 15 is 0 Å². The minimum atomic E-state index is 0.228. The highest BCUT2D eigenvalue weighted by Gasteiger charge is 2.33. The molecule has 0 bridgehead atoms. The van der Waals surface area contributed by atoms with Crippen LogP contribution in [-0.2, 0) is 15.8 Å². The molecule has 1 aliphatic rings. The van der Waals surface area contributed by atoms with Crippen LogP contribution in [-0.4, -0.2) is 40.1 Å². The molecule has 1 aliphatic heterocycles. The number of nitrogens with one attached hydrogen (secondary N) is 1. The number of hydrogen-bond donors (Lipinski definition) is 1. The molecule has 20 heavy (non-hydrogen) atoms. The van der Waals surface area contributed by atoms with E-state index in [1.54, 1.807) is 14.7 Å². The predicted molar refractivity (Wildman–Crippen MR) is 80.0 cm³/mol. The Labute approximate surface area is 122 Å². The van der Waals surface area contributed by atoms with Crippen molar-refractivity contribution in [2.75, 3.05) is 20.3 Å². The van der Waals surface area contributed by atoms with Crippen LogP contribution in [0.2, 0.25) is 0 Å². The van der Waals surface area contributed by atoms with Crippen molar-refractivity contribution in [2.24, 2.45) is 0 Å². The number of para-hydroxylation sites is 1. The van der Waals surface area contributed by atoms with Gasteiger partial charge in [0.05, 0.1) is 19.3 Å². The molecule has 1 fully saturated rings. The highest BCUT2D eigenvalue weighted by atomic mass is 16.6. The average Bonchev–Trinajstić information content (AvgIpc) is 3.30. The highest BCUT2D eigenvalue weighted by molar-refractivity contribution is 6.23. The molecule has 1 aromatic carbocycles. The second kappa shape index (κ2) is 8.30. The van der Waals surface area contributed by atoms with Crippen LogP contribution in [0.3, 0.4) is 0 Å². The summed E-state index contributed by atoms with van der Waals surface area (Å²) in [5.41, 5.74) is 1.21. The second-order valence-corrected chi connectivity index (χ2v) is 5.01. The largest absolute Gasteiger partial charge is 0.493 e. The van der Waals surface area contributed by atoms with Crippen molar-refractivity contribution < 1.29 is 14.1 Å². The Hall–Kier alpha value is -1.04. The Balaban J connectivity index is 1.95. The van der Waals surface area contributed by atoms with Gasteiger partial charge in [0, 0.05) is 13.2 Å². The molecule has 0 aromatic heterocycles. The zero-order chi connectivity index (χ0) is 14.2. The number of ether oxygens (including phenoxy) is 2. The second-order valence-electron chi connectivity index (χ2n) is 5.01. The van der Waals surface area contributed by atoms with Gasteiger partial charge >= 0.3 is 7.62 Å². The van der Waals surface area contributed by atoms with Crippen molar-refractivity contribution in [1.82, 2.24) is 5.23 Å². The molecule has 0 spiro atoms. The normalized spacial score (nSPS) is 18.6. The molecule has 0 amide bonds. The van der Waals surface area contributed by atoms with Crippen LogP contribution in [0.5, 0.6) is 5.75 Å². The number of hydrogen-bond acceptors (Lipinski definition) is 4. The Morgan fingerprint density at radius 3 is 2.95 bits per heavy atom. The van der Waals surface area contributed by atoms with E-state index in [-0.39, 0.29) is 12.1 Å². The maximum atomic E-state index is 5.87. The Bertz CT molecular complexity index is 398. The molecule has 0 unspecified atom stereocenters. The summed E-state index contributed by atoms with van der Waals surface area (Å²) in [7, 11) is 3.26. The summed E-state index contributed by atoms with van der Waals surface area (Å²) < 4.78 is 16.2. The molecule has 1 radical (unpaired) electrons. The van der Waals surface area contributed by atoms with E-state index < -0.39 is 0 Å². The minimum absolute atomic E-state index is 0.228. The first-order valence-corrected chi connectivity index (χ1v) is 7.28. The van der Waals surface area contributed by atoms with E-state index in [0.717, 1.165) is 38.2 Å². The van der Waals surface area contributed by atoms with Crippen LogP contribution < -0.4 is 9.96 Å². The summed E-state index contributed by atoms with van der Waals surface area (Å²) in [5, 5.41) is 3.25. The Morgan fingerprint density at radius 2 is 2.25 bits per heavy atom. The molecule has 1 aromatic rings. The van der Waals surface area contributed by atoms with Crippen LogP contribution in [0.4, 0.5) is 0 Å². The summed E-state index contributed by atoms with van der Waals surface area (Å²) in [4.78, 5) is 0. The maximum absolute atomic E-state index is 5.87. The quantitative estimate of drug-likeness (QED) is 0.403. The lowest BCUT2D eigenvalue weighted by Crippen LogP contribution is -2.39. The van der Waals surface area contributed by atoms with Gasteiger partial charge in [0.15, 0.2) is 0 Å². The van der Waals surface area contributed by atoms with Gasteiger partial charge in [0.2, 0.25) is 0 Å². The standard InChI is InChI=1S/C15H23BNO3/c1-3-4-9-19-14-8-6-5-7-12(14)10-13(15-11-20-15)17-16-18-2/h5-8,13,15,17H,3-4,9-11H2,1-2H3/t13-,15-/m1/s1. The van der Waals surface area contributed by atoms with Crippen LogP contribution in [0.15, 0.2) is 24.3 Å². The number of rotatable bonds is 10. The number of epoxide rings is 1. The van der Waals surface area contributed by atoms with E-state index in [1.165, 1.54) is 5.56 Å². The zero-order valence-corrected chi connectivity index (χ0v) is 12.3. The first kappa shape index (κ1) is 15.4. The van der Waals surface area contributed by atoms with Gasteiger partial charge in [-0.15, -0.1) is 0 Å². The topological polar surface area (TPSA) is 43.0 Å². The summed E-state index contributed by atoms with van der Waals surface area (Å²) in [6, 6.07) is 8.45. The summed E-state index contributed by atoms with van der Waals surface area (Å²) in [5.74, 6) is 0.978.